The van der Waals surface area contributed by atoms with Gasteiger partial charge in [0.2, 0.25) is 0 Å². The van der Waals surface area contributed by atoms with E-state index in [1.165, 1.54) is 49.6 Å². The highest BCUT2D eigenvalue weighted by molar-refractivity contribution is 5.88. The van der Waals surface area contributed by atoms with Gasteiger partial charge in [0.15, 0.2) is 11.5 Å². The Morgan fingerprint density at radius 3 is 1.82 bits per heavy atom. The van der Waals surface area contributed by atoms with Gasteiger partial charge < -0.3 is 25.2 Å². The highest BCUT2D eigenvalue weighted by Gasteiger charge is 2.07. The molecule has 116 valence electrons. The number of hydrogen-bond donors (Lipinski definition) is 4. The minimum Gasteiger partial charge on any atom is -0.508 e. The lowest BCUT2D eigenvalue weighted by atomic mass is 10.2. The average molecular weight is 306 g/mol. The van der Waals surface area contributed by atoms with Gasteiger partial charge >= 0.3 is 11.9 Å². The molecule has 0 aliphatic rings. The van der Waals surface area contributed by atoms with E-state index in [2.05, 4.69) is 0 Å². The molecule has 0 atom stereocenters. The summed E-state index contributed by atoms with van der Waals surface area (Å²) >= 11 is 0. The Balaban J connectivity index is 0.000000224. The van der Waals surface area contributed by atoms with Crippen molar-refractivity contribution in [1.82, 2.24) is 0 Å². The number of phenolic OH excluding ortho intramolecular Hbond substituents is 2. The van der Waals surface area contributed by atoms with E-state index in [1.54, 1.807) is 0 Å². The number of aromatic carboxylic acids is 2. The van der Waals surface area contributed by atoms with Crippen LogP contribution in [0.2, 0.25) is 0 Å². The molecule has 0 saturated heterocycles. The molecule has 0 fully saturated rings. The molecule has 0 aliphatic heterocycles. The summed E-state index contributed by atoms with van der Waals surface area (Å²) in [5.74, 6) is -1.87. The van der Waals surface area contributed by atoms with Gasteiger partial charge in [-0.2, -0.15) is 0 Å². The first-order valence-electron chi connectivity index (χ1n) is 5.97. The molecule has 2 rings (SSSR count). The third-order valence-electron chi connectivity index (χ3n) is 2.54. The number of carboxylic acids is 2. The molecule has 0 spiro atoms. The smallest absolute Gasteiger partial charge is 0.335 e. The average Bonchev–Trinajstić information content (AvgIpc) is 2.48. The van der Waals surface area contributed by atoms with Crippen LogP contribution in [0.25, 0.3) is 0 Å². The van der Waals surface area contributed by atoms with Crippen molar-refractivity contribution >= 4 is 11.9 Å². The van der Waals surface area contributed by atoms with Crippen LogP contribution in [0.1, 0.15) is 20.7 Å². The summed E-state index contributed by atoms with van der Waals surface area (Å²) in [6, 6.07) is 9.21. The molecule has 7 heteroatoms. The molecule has 22 heavy (non-hydrogen) atoms. The summed E-state index contributed by atoms with van der Waals surface area (Å²) in [5, 5.41) is 34.8. The topological polar surface area (TPSA) is 124 Å². The van der Waals surface area contributed by atoms with Crippen molar-refractivity contribution in [3.63, 3.8) is 0 Å². The van der Waals surface area contributed by atoms with E-state index in [0.29, 0.717) is 0 Å². The lowest BCUT2D eigenvalue weighted by Crippen LogP contribution is -1.96. The van der Waals surface area contributed by atoms with E-state index < -0.39 is 11.9 Å². The van der Waals surface area contributed by atoms with Crippen molar-refractivity contribution in [2.24, 2.45) is 0 Å². The Labute approximate surface area is 125 Å². The van der Waals surface area contributed by atoms with Crippen molar-refractivity contribution in [3.8, 4) is 17.2 Å². The summed E-state index contributed by atoms with van der Waals surface area (Å²) in [4.78, 5) is 20.7. The Morgan fingerprint density at radius 2 is 1.36 bits per heavy atom. The maximum Gasteiger partial charge on any atom is 0.335 e. The molecule has 7 nitrogen and oxygen atoms in total. The van der Waals surface area contributed by atoms with Gasteiger partial charge in [-0.25, -0.2) is 9.59 Å². The molecular formula is C15H14O7. The van der Waals surface area contributed by atoms with Crippen molar-refractivity contribution in [2.75, 3.05) is 7.11 Å². The minimum atomic E-state index is -1.05. The van der Waals surface area contributed by atoms with Crippen molar-refractivity contribution in [1.29, 1.82) is 0 Å². The second-order valence-corrected chi connectivity index (χ2v) is 4.04. The number of methoxy groups -OCH3 is 1. The predicted molar refractivity (Wildman–Crippen MR) is 76.7 cm³/mol. The number of ether oxygens (including phenoxy) is 1. The fourth-order valence-corrected chi connectivity index (χ4v) is 1.41. The molecule has 4 N–H and O–H groups in total. The van der Waals surface area contributed by atoms with Crippen LogP contribution in [0.15, 0.2) is 42.5 Å². The SMILES string of the molecule is COc1cc(C(=O)O)ccc1O.O=C(O)c1ccc(O)cc1. The van der Waals surface area contributed by atoms with E-state index in [4.69, 9.17) is 25.2 Å². The molecule has 0 heterocycles. The van der Waals surface area contributed by atoms with Crippen LogP contribution in [0.5, 0.6) is 17.2 Å². The van der Waals surface area contributed by atoms with Gasteiger partial charge in [0.1, 0.15) is 5.75 Å². The van der Waals surface area contributed by atoms with Gasteiger partial charge in [0.25, 0.3) is 0 Å². The zero-order chi connectivity index (χ0) is 16.7. The van der Waals surface area contributed by atoms with Crippen LogP contribution in [0.4, 0.5) is 0 Å². The van der Waals surface area contributed by atoms with Crippen molar-refractivity contribution in [2.45, 2.75) is 0 Å². The largest absolute Gasteiger partial charge is 0.508 e. The lowest BCUT2D eigenvalue weighted by Gasteiger charge is -2.02. The summed E-state index contributed by atoms with van der Waals surface area (Å²) in [7, 11) is 1.36. The van der Waals surface area contributed by atoms with Crippen LogP contribution in [0.3, 0.4) is 0 Å². The second-order valence-electron chi connectivity index (χ2n) is 4.04. The van der Waals surface area contributed by atoms with Gasteiger partial charge in [0.05, 0.1) is 18.2 Å². The van der Waals surface area contributed by atoms with Gasteiger partial charge in [-0.3, -0.25) is 0 Å². The molecule has 0 aromatic heterocycles. The van der Waals surface area contributed by atoms with Crippen LogP contribution in [-0.4, -0.2) is 39.5 Å². The molecule has 0 saturated carbocycles. The number of carbonyl (C=O) groups is 2. The third kappa shape index (κ3) is 4.71. The predicted octanol–water partition coefficient (Wildman–Crippen LogP) is 2.19. The van der Waals surface area contributed by atoms with Crippen LogP contribution in [-0.2, 0) is 0 Å². The highest BCUT2D eigenvalue weighted by Crippen LogP contribution is 2.25. The molecule has 2 aromatic carbocycles. The summed E-state index contributed by atoms with van der Waals surface area (Å²) in [6.07, 6.45) is 0. The summed E-state index contributed by atoms with van der Waals surface area (Å²) in [6.45, 7) is 0. The van der Waals surface area contributed by atoms with Crippen molar-refractivity contribution < 1.29 is 34.8 Å². The van der Waals surface area contributed by atoms with Gasteiger partial charge in [-0.15, -0.1) is 0 Å². The molecular weight excluding hydrogens is 292 g/mol. The second kappa shape index (κ2) is 7.53. The molecule has 0 radical (unpaired) electrons. The first-order valence-corrected chi connectivity index (χ1v) is 5.97. The maximum absolute atomic E-state index is 10.4. The quantitative estimate of drug-likeness (QED) is 0.685. The van der Waals surface area contributed by atoms with Gasteiger partial charge in [-0.05, 0) is 42.5 Å². The fourth-order valence-electron chi connectivity index (χ4n) is 1.41. The van der Waals surface area contributed by atoms with E-state index in [9.17, 15) is 9.59 Å². The van der Waals surface area contributed by atoms with E-state index in [-0.39, 0.29) is 28.4 Å². The Kier molecular flexibility index (Phi) is 5.76. The molecule has 0 amide bonds. The summed E-state index contributed by atoms with van der Waals surface area (Å²) < 4.78 is 4.72. The number of phenols is 2. The normalized spacial score (nSPS) is 9.32. The standard InChI is InChI=1S/C8H8O4.C7H6O3/c1-12-7-4-5(8(10)11)2-3-6(7)9;8-6-3-1-5(2-4-6)7(9)10/h2-4,9H,1H3,(H,10,11);1-4,8H,(H,9,10). The van der Waals surface area contributed by atoms with Crippen LogP contribution >= 0.6 is 0 Å². The maximum atomic E-state index is 10.4. The number of hydrogen-bond acceptors (Lipinski definition) is 5. The minimum absolute atomic E-state index is 0.0671. The molecule has 0 aliphatic carbocycles. The monoisotopic (exact) mass is 306 g/mol. The number of carboxylic acid groups (broad SMARTS) is 2. The zero-order valence-corrected chi connectivity index (χ0v) is 11.6. The Morgan fingerprint density at radius 1 is 0.864 bits per heavy atom. The first-order chi connectivity index (χ1) is 10.3. The van der Waals surface area contributed by atoms with Crippen molar-refractivity contribution in [3.05, 3.63) is 53.6 Å². The van der Waals surface area contributed by atoms with Crippen LogP contribution < -0.4 is 4.74 Å². The fraction of sp³-hybridized carbons (Fsp3) is 0.0667. The van der Waals surface area contributed by atoms with Gasteiger partial charge in [-0.1, -0.05) is 0 Å². The first kappa shape index (κ1) is 16.8. The lowest BCUT2D eigenvalue weighted by molar-refractivity contribution is 0.0686. The van der Waals surface area contributed by atoms with Crippen LogP contribution in [0, 0.1) is 0 Å². The zero-order valence-electron chi connectivity index (χ0n) is 11.6. The molecule has 0 unspecified atom stereocenters. The van der Waals surface area contributed by atoms with E-state index in [0.717, 1.165) is 0 Å². The van der Waals surface area contributed by atoms with E-state index in [1.807, 2.05) is 0 Å². The Hall–Kier alpha value is -3.22. The van der Waals surface area contributed by atoms with Gasteiger partial charge in [0, 0.05) is 0 Å². The van der Waals surface area contributed by atoms with E-state index >= 15 is 0 Å². The number of benzene rings is 2. The summed E-state index contributed by atoms with van der Waals surface area (Å²) in [5.41, 5.74) is 0.266. The molecule has 0 bridgehead atoms. The number of rotatable bonds is 3. The number of aromatic hydroxyl groups is 2. The highest BCUT2D eigenvalue weighted by atomic mass is 16.5. The third-order valence-corrected chi connectivity index (χ3v) is 2.54. The Bertz CT molecular complexity index is 662. The molecule has 2 aromatic rings.